The zero-order chi connectivity index (χ0) is 32.4. The summed E-state index contributed by atoms with van der Waals surface area (Å²) in [7, 11) is 0. The number of fused-ring (bicyclic) bond motifs is 1. The van der Waals surface area contributed by atoms with E-state index in [0.717, 1.165) is 6.92 Å². The molecular weight excluding hydrogens is 626 g/mol. The molecule has 4 rings (SSSR count). The Hall–Kier alpha value is -3.09. The average Bonchev–Trinajstić information content (AvgIpc) is 3.45. The average molecular weight is 663 g/mol. The van der Waals surface area contributed by atoms with Crippen molar-refractivity contribution in [3.05, 3.63) is 6.33 Å². The van der Waals surface area contributed by atoms with Crippen LogP contribution in [0.4, 0.5) is 15.1 Å². The third-order valence-corrected chi connectivity index (χ3v) is 10.8. The van der Waals surface area contributed by atoms with Crippen LogP contribution in [0.3, 0.4) is 0 Å². The Labute approximate surface area is 255 Å². The van der Waals surface area contributed by atoms with Crippen molar-refractivity contribution in [1.29, 1.82) is 0 Å². The first-order valence-electron chi connectivity index (χ1n) is 13.7. The molecule has 7 atom stereocenters. The van der Waals surface area contributed by atoms with E-state index in [2.05, 4.69) is 30.7 Å². The Kier molecular flexibility index (Phi) is 10.4. The monoisotopic (exact) mass is 662 g/mol. The van der Waals surface area contributed by atoms with Crippen LogP contribution in [-0.4, -0.2) is 104 Å². The van der Waals surface area contributed by atoms with Crippen molar-refractivity contribution in [2.75, 3.05) is 31.2 Å². The molecule has 6 N–H and O–H groups in total. The number of hydrogen-bond acceptors (Lipinski definition) is 14. The molecule has 2 aliphatic heterocycles. The number of hydrogen-bond donors (Lipinski definition) is 5. The van der Waals surface area contributed by atoms with Crippen LogP contribution in [-0.2, 0) is 28.2 Å². The minimum atomic E-state index is -4.09. The summed E-state index contributed by atoms with van der Waals surface area (Å²) in [6.45, 7) is 2.91. The molecular formula is C24H36FN8O9PS. The second-order valence-electron chi connectivity index (χ2n) is 10.5. The van der Waals surface area contributed by atoms with Crippen LogP contribution in [0.2, 0.25) is 0 Å². The molecule has 244 valence electrons. The van der Waals surface area contributed by atoms with Gasteiger partial charge in [0, 0.05) is 5.75 Å². The van der Waals surface area contributed by atoms with E-state index in [9.17, 15) is 24.1 Å². The number of ether oxygens (including phenoxy) is 3. The molecule has 2 fully saturated rings. The number of halogens is 1. The smallest absolute Gasteiger partial charge is 0.327 e. The van der Waals surface area contributed by atoms with E-state index in [1.54, 1.807) is 20.8 Å². The van der Waals surface area contributed by atoms with Crippen LogP contribution in [0.5, 0.6) is 5.88 Å². The molecule has 4 heterocycles. The molecule has 2 aromatic rings. The van der Waals surface area contributed by atoms with Crippen molar-refractivity contribution in [1.82, 2.24) is 35.2 Å². The number of aromatic nitrogens is 4. The number of carbonyl (C=O) groups excluding carboxylic acids is 3. The molecule has 0 saturated carbocycles. The summed E-state index contributed by atoms with van der Waals surface area (Å²) < 4.78 is 53.5. The topological polar surface area (TPSA) is 231 Å². The number of nitrogens with two attached hydrogens (primary N) is 1. The van der Waals surface area contributed by atoms with Gasteiger partial charge in [0.2, 0.25) is 11.8 Å². The largest absolute Gasteiger partial charge is 0.476 e. The summed E-state index contributed by atoms with van der Waals surface area (Å²) in [4.78, 5) is 48.8. The van der Waals surface area contributed by atoms with Gasteiger partial charge in [0.05, 0.1) is 32.2 Å². The van der Waals surface area contributed by atoms with Crippen molar-refractivity contribution >= 4 is 53.0 Å². The molecule has 0 spiro atoms. The van der Waals surface area contributed by atoms with Gasteiger partial charge in [0.15, 0.2) is 28.8 Å². The van der Waals surface area contributed by atoms with E-state index in [0.29, 0.717) is 11.4 Å². The highest BCUT2D eigenvalue weighted by Crippen LogP contribution is 2.57. The van der Waals surface area contributed by atoms with E-state index >= 15 is 4.39 Å². The number of alkyl halides is 1. The minimum absolute atomic E-state index is 0.0882. The summed E-state index contributed by atoms with van der Waals surface area (Å²) in [5, 5.41) is 18.3. The van der Waals surface area contributed by atoms with Crippen molar-refractivity contribution < 1.29 is 47.2 Å². The fraction of sp³-hybridized carbons (Fsp3) is 0.667. The van der Waals surface area contributed by atoms with Gasteiger partial charge in [-0.05, 0) is 34.6 Å². The van der Waals surface area contributed by atoms with Gasteiger partial charge >= 0.3 is 18.7 Å². The Balaban J connectivity index is 1.54. The fourth-order valence-corrected chi connectivity index (χ4v) is 8.36. The number of ketones is 1. The quantitative estimate of drug-likeness (QED) is 0.148. The van der Waals surface area contributed by atoms with E-state index in [4.69, 9.17) is 24.5 Å². The first-order valence-corrected chi connectivity index (χ1v) is 17.0. The van der Waals surface area contributed by atoms with Gasteiger partial charge < -0.3 is 40.2 Å². The standard InChI is InChI=1S/C24H36FN8O9PS/c1-6-39-19-16-18(30-22(26)31-19)33(10-28-16)21-24(5,25)17(35)15(42-21)8-40-43(38,32-12(4)20(36)41-11(2)3)44-9-13-14(34)7-27-23(37)29-13/h10-13,15,17,21,35H,6-9H2,1-5H3,(H,32,38)(H2,26,30,31)(H2,27,29,37). The molecule has 0 radical (unpaired) electrons. The van der Waals surface area contributed by atoms with Gasteiger partial charge in [0.1, 0.15) is 24.3 Å². The number of Topliss-reactive ketones (excluding diaryl/α,β-unsaturated/α-hetero) is 1. The number of carbonyl (C=O) groups is 3. The van der Waals surface area contributed by atoms with Crippen LogP contribution in [0, 0.1) is 0 Å². The van der Waals surface area contributed by atoms with Crippen molar-refractivity contribution in [3.63, 3.8) is 0 Å². The van der Waals surface area contributed by atoms with Crippen molar-refractivity contribution in [2.24, 2.45) is 0 Å². The number of nitrogen functional groups attached to an aromatic ring is 1. The molecule has 2 aromatic heterocycles. The first-order chi connectivity index (χ1) is 20.6. The van der Waals surface area contributed by atoms with Gasteiger partial charge in [-0.15, -0.1) is 0 Å². The third-order valence-electron chi connectivity index (χ3n) is 6.65. The van der Waals surface area contributed by atoms with Gasteiger partial charge in [-0.3, -0.25) is 18.7 Å². The molecule has 2 saturated heterocycles. The molecule has 44 heavy (non-hydrogen) atoms. The third kappa shape index (κ3) is 7.40. The van der Waals surface area contributed by atoms with Crippen LogP contribution in [0.25, 0.3) is 11.2 Å². The number of aliphatic hydroxyl groups is 1. The lowest BCUT2D eigenvalue weighted by atomic mass is 9.98. The zero-order valence-electron chi connectivity index (χ0n) is 24.7. The van der Waals surface area contributed by atoms with Gasteiger partial charge in [-0.25, -0.2) is 19.3 Å². The second-order valence-corrected chi connectivity index (χ2v) is 14.9. The van der Waals surface area contributed by atoms with Crippen LogP contribution in [0.1, 0.15) is 40.8 Å². The van der Waals surface area contributed by atoms with Crippen LogP contribution >= 0.6 is 18.1 Å². The van der Waals surface area contributed by atoms with Gasteiger partial charge in [-0.1, -0.05) is 11.4 Å². The number of urea groups is 1. The summed E-state index contributed by atoms with van der Waals surface area (Å²) in [5.41, 5.74) is 3.69. The number of esters is 1. The molecule has 2 aliphatic rings. The van der Waals surface area contributed by atoms with Crippen LogP contribution < -0.4 is 26.2 Å². The summed E-state index contributed by atoms with van der Waals surface area (Å²) in [6.07, 6.45) is -3.81. The molecule has 0 aromatic carbocycles. The van der Waals surface area contributed by atoms with Crippen LogP contribution in [0.15, 0.2) is 6.33 Å². The maximum atomic E-state index is 16.1. The van der Waals surface area contributed by atoms with Crippen molar-refractivity contribution in [2.45, 2.75) is 76.9 Å². The fourth-order valence-electron chi connectivity index (χ4n) is 4.46. The molecule has 17 nitrogen and oxygen atoms in total. The molecule has 7 unspecified atom stereocenters. The van der Waals surface area contributed by atoms with E-state index in [1.165, 1.54) is 17.8 Å². The van der Waals surface area contributed by atoms with Crippen molar-refractivity contribution in [3.8, 4) is 5.88 Å². The normalized spacial score (nSPS) is 27.5. The number of anilines is 1. The highest BCUT2D eigenvalue weighted by atomic mass is 32.7. The van der Waals surface area contributed by atoms with E-state index in [-0.39, 0.29) is 47.7 Å². The molecule has 2 amide bonds. The number of nitrogens with one attached hydrogen (secondary N) is 3. The number of rotatable bonds is 13. The Morgan fingerprint density at radius 1 is 1.39 bits per heavy atom. The summed E-state index contributed by atoms with van der Waals surface area (Å²) in [5.74, 6) is -1.32. The Morgan fingerprint density at radius 2 is 2.11 bits per heavy atom. The molecule has 0 aliphatic carbocycles. The second kappa shape index (κ2) is 13.5. The predicted molar refractivity (Wildman–Crippen MR) is 156 cm³/mol. The summed E-state index contributed by atoms with van der Waals surface area (Å²) in [6, 6.07) is -2.68. The lowest BCUT2D eigenvalue weighted by Gasteiger charge is -2.27. The van der Waals surface area contributed by atoms with E-state index in [1.807, 2.05) is 0 Å². The number of imidazole rings is 1. The number of amides is 2. The van der Waals surface area contributed by atoms with Gasteiger partial charge in [0.25, 0.3) is 0 Å². The first kappa shape index (κ1) is 33.8. The van der Waals surface area contributed by atoms with Gasteiger partial charge in [-0.2, -0.15) is 9.97 Å². The maximum Gasteiger partial charge on any atom is 0.327 e. The lowest BCUT2D eigenvalue weighted by molar-refractivity contribution is -0.149. The lowest BCUT2D eigenvalue weighted by Crippen LogP contribution is -2.56. The van der Waals surface area contributed by atoms with E-state index < -0.39 is 67.6 Å². The summed E-state index contributed by atoms with van der Waals surface area (Å²) >= 11 is 0.654. The predicted octanol–water partition coefficient (Wildman–Crippen LogP) is 0.832. The SMILES string of the molecule is CCOc1nc(N)nc2c1ncn2C1OC(COP(=O)(NC(C)C(=O)OC(C)C)SCC2NC(=O)NCC2=O)C(O)C1(C)F. The minimum Gasteiger partial charge on any atom is -0.476 e. The number of aliphatic hydroxyl groups excluding tert-OH is 1. The Bertz CT molecular complexity index is 1450. The Morgan fingerprint density at radius 3 is 2.80 bits per heavy atom. The zero-order valence-corrected chi connectivity index (χ0v) is 26.4. The highest BCUT2D eigenvalue weighted by molar-refractivity contribution is 8.56. The number of nitrogens with zero attached hydrogens (tertiary/aromatic N) is 4. The molecule has 0 bridgehead atoms. The molecule has 20 heteroatoms. The highest BCUT2D eigenvalue weighted by Gasteiger charge is 2.56. The maximum absolute atomic E-state index is 16.1.